The van der Waals surface area contributed by atoms with Gasteiger partial charge < -0.3 is 10.2 Å². The molecule has 0 heterocycles. The fourth-order valence-corrected chi connectivity index (χ4v) is 0. The molecular weight excluding hydrogens is 191 g/mol. The Labute approximate surface area is 60.3 Å². The Bertz CT molecular complexity index is 31.8. The molecule has 0 saturated carbocycles. The maximum atomic E-state index is 8.56. The number of carboxylic acid groups (broad SMARTS) is 2. The molecule has 6 heavy (non-hydrogen) atoms. The smallest absolute Gasteiger partial charge is 0.450 e. The molecule has 0 atom stereocenters. The Kier molecular flexibility index (Phi) is 24.3. The van der Waals surface area contributed by atoms with Gasteiger partial charge in [-0.1, -0.05) is 0 Å². The summed E-state index contributed by atoms with van der Waals surface area (Å²) in [5, 5.41) is 13.9. The molecule has 5 heteroatoms. The molecular formula is CH2O3Zn2. The predicted molar refractivity (Wildman–Crippen MR) is 10.7 cm³/mol. The van der Waals surface area contributed by atoms with Gasteiger partial charge in [0.15, 0.2) is 0 Å². The molecule has 28 valence electrons. The molecule has 0 aliphatic carbocycles. The van der Waals surface area contributed by atoms with Crippen molar-refractivity contribution in [1.29, 1.82) is 0 Å². The van der Waals surface area contributed by atoms with Crippen LogP contribution in [0.4, 0.5) is 4.79 Å². The average molecular weight is 193 g/mol. The first-order valence-electron chi connectivity index (χ1n) is 0.651. The van der Waals surface area contributed by atoms with E-state index in [1.54, 1.807) is 0 Å². The van der Waals surface area contributed by atoms with Crippen LogP contribution >= 0.6 is 0 Å². The number of carbonyl (C=O) groups is 1. The second-order valence-electron chi connectivity index (χ2n) is 0.283. The summed E-state index contributed by atoms with van der Waals surface area (Å²) in [7, 11) is 0. The summed E-state index contributed by atoms with van der Waals surface area (Å²) in [4.78, 5) is 8.56. The molecule has 0 radical (unpaired) electrons. The maximum absolute atomic E-state index is 8.56. The van der Waals surface area contributed by atoms with Gasteiger partial charge in [0.05, 0.1) is 0 Å². The molecule has 0 aliphatic heterocycles. The minimum absolute atomic E-state index is 0. The largest absolute Gasteiger partial charge is 0.503 e. The Morgan fingerprint density at radius 1 is 1.17 bits per heavy atom. The molecule has 0 saturated heterocycles. The molecule has 0 aromatic rings. The molecule has 0 fully saturated rings. The normalized spacial score (nSPS) is 4.00. The zero-order chi connectivity index (χ0) is 3.58. The van der Waals surface area contributed by atoms with Crippen LogP contribution in [-0.4, -0.2) is 16.4 Å². The molecule has 0 aliphatic rings. The van der Waals surface area contributed by atoms with Gasteiger partial charge in [-0.3, -0.25) is 0 Å². The van der Waals surface area contributed by atoms with Gasteiger partial charge in [-0.15, -0.1) is 0 Å². The molecule has 0 unspecified atom stereocenters. The summed E-state index contributed by atoms with van der Waals surface area (Å²) in [5.41, 5.74) is 0. The van der Waals surface area contributed by atoms with Gasteiger partial charge in [0.25, 0.3) is 0 Å². The molecule has 0 amide bonds. The summed E-state index contributed by atoms with van der Waals surface area (Å²) in [6.45, 7) is 0. The first kappa shape index (κ1) is 16.0. The summed E-state index contributed by atoms with van der Waals surface area (Å²) < 4.78 is 0. The van der Waals surface area contributed by atoms with Gasteiger partial charge in [-0.05, 0) is 0 Å². The van der Waals surface area contributed by atoms with E-state index in [1.807, 2.05) is 0 Å². The first-order chi connectivity index (χ1) is 1.73. The van der Waals surface area contributed by atoms with Crippen molar-refractivity contribution in [2.75, 3.05) is 0 Å². The van der Waals surface area contributed by atoms with E-state index in [1.165, 1.54) is 0 Å². The molecule has 0 aromatic carbocycles. The Morgan fingerprint density at radius 3 is 1.17 bits per heavy atom. The summed E-state index contributed by atoms with van der Waals surface area (Å²) in [6, 6.07) is 0. The SMILES string of the molecule is O=C(O)O.[Zn].[Zn]. The van der Waals surface area contributed by atoms with Crippen molar-refractivity contribution < 1.29 is 54.0 Å². The Morgan fingerprint density at radius 2 is 1.17 bits per heavy atom. The third kappa shape index (κ3) is 209. The number of rotatable bonds is 0. The topological polar surface area (TPSA) is 57.5 Å². The average Bonchev–Trinajstić information content (AvgIpc) is 0.811. The Balaban J connectivity index is -0.0000000450. The van der Waals surface area contributed by atoms with Crippen LogP contribution < -0.4 is 0 Å². The third-order valence-corrected chi connectivity index (χ3v) is 0. The molecule has 3 nitrogen and oxygen atoms in total. The van der Waals surface area contributed by atoms with Gasteiger partial charge in [-0.25, -0.2) is 4.79 Å². The number of hydrogen-bond donors (Lipinski definition) is 2. The second kappa shape index (κ2) is 9.10. The molecule has 0 bridgehead atoms. The molecule has 2 N–H and O–H groups in total. The Hall–Kier alpha value is 0.517. The first-order valence-corrected chi connectivity index (χ1v) is 0.651. The monoisotopic (exact) mass is 190 g/mol. The van der Waals surface area contributed by atoms with E-state index >= 15 is 0 Å². The molecule has 0 rings (SSSR count). The zero-order valence-corrected chi connectivity index (χ0v) is 9.15. The van der Waals surface area contributed by atoms with Crippen LogP contribution in [0.2, 0.25) is 0 Å². The minimum atomic E-state index is -1.83. The van der Waals surface area contributed by atoms with Crippen molar-refractivity contribution in [2.24, 2.45) is 0 Å². The van der Waals surface area contributed by atoms with Crippen molar-refractivity contribution in [3.05, 3.63) is 0 Å². The van der Waals surface area contributed by atoms with Gasteiger partial charge in [0.2, 0.25) is 0 Å². The summed E-state index contributed by atoms with van der Waals surface area (Å²) >= 11 is 0. The molecule has 0 aromatic heterocycles. The van der Waals surface area contributed by atoms with Crippen LogP contribution in [0.5, 0.6) is 0 Å². The van der Waals surface area contributed by atoms with Crippen LogP contribution in [0.3, 0.4) is 0 Å². The van der Waals surface area contributed by atoms with Gasteiger partial charge >= 0.3 is 6.16 Å². The van der Waals surface area contributed by atoms with Crippen molar-refractivity contribution >= 4 is 6.16 Å². The van der Waals surface area contributed by atoms with Crippen molar-refractivity contribution in [3.8, 4) is 0 Å². The van der Waals surface area contributed by atoms with Crippen LogP contribution in [0.15, 0.2) is 0 Å². The van der Waals surface area contributed by atoms with E-state index in [4.69, 9.17) is 15.0 Å². The van der Waals surface area contributed by atoms with E-state index < -0.39 is 6.16 Å². The van der Waals surface area contributed by atoms with Gasteiger partial charge in [-0.2, -0.15) is 0 Å². The standard InChI is InChI=1S/CH2O3.2Zn/c2-1(3)4;;/h(H2,2,3,4);;. The van der Waals surface area contributed by atoms with Gasteiger partial charge in [0.1, 0.15) is 0 Å². The second-order valence-corrected chi connectivity index (χ2v) is 0.283. The number of hydrogen-bond acceptors (Lipinski definition) is 1. The quantitative estimate of drug-likeness (QED) is 0.540. The third-order valence-electron chi connectivity index (χ3n) is 0. The van der Waals surface area contributed by atoms with E-state index in [9.17, 15) is 0 Å². The fourth-order valence-electron chi connectivity index (χ4n) is 0. The van der Waals surface area contributed by atoms with Crippen molar-refractivity contribution in [2.45, 2.75) is 0 Å². The van der Waals surface area contributed by atoms with Crippen LogP contribution in [0.25, 0.3) is 0 Å². The van der Waals surface area contributed by atoms with Crippen molar-refractivity contribution in [3.63, 3.8) is 0 Å². The van der Waals surface area contributed by atoms with Gasteiger partial charge in [0, 0.05) is 39.0 Å². The van der Waals surface area contributed by atoms with E-state index in [-0.39, 0.29) is 39.0 Å². The van der Waals surface area contributed by atoms with Crippen molar-refractivity contribution in [1.82, 2.24) is 0 Å². The zero-order valence-electron chi connectivity index (χ0n) is 3.22. The predicted octanol–water partition coefficient (Wildman–Crippen LogP) is 0.217. The van der Waals surface area contributed by atoms with Crippen LogP contribution in [0, 0.1) is 0 Å². The van der Waals surface area contributed by atoms with E-state index in [0.29, 0.717) is 0 Å². The van der Waals surface area contributed by atoms with Crippen LogP contribution in [-0.2, 0) is 39.0 Å². The van der Waals surface area contributed by atoms with E-state index in [0.717, 1.165) is 0 Å². The fraction of sp³-hybridized carbons (Fsp3) is 0. The maximum Gasteiger partial charge on any atom is 0.503 e. The minimum Gasteiger partial charge on any atom is -0.450 e. The molecule has 0 spiro atoms. The summed E-state index contributed by atoms with van der Waals surface area (Å²) in [5.74, 6) is 0. The van der Waals surface area contributed by atoms with Crippen LogP contribution in [0.1, 0.15) is 0 Å². The summed E-state index contributed by atoms with van der Waals surface area (Å²) in [6.07, 6.45) is -1.83. The van der Waals surface area contributed by atoms with E-state index in [2.05, 4.69) is 0 Å².